The molecule has 10 heteroatoms. The number of hydrogen-bond donors (Lipinski definition) is 2. The second kappa shape index (κ2) is 9.50. The van der Waals surface area contributed by atoms with E-state index in [1.165, 1.54) is 12.1 Å². The molecule has 0 aliphatic heterocycles. The SMILES string of the molecule is COc1ccc(/C=N\Nc2nc(Nc3ccc(F)cc3)nc(N(C)C)n2)c(OC)c1. The van der Waals surface area contributed by atoms with Crippen molar-refractivity contribution in [3.8, 4) is 11.5 Å². The van der Waals surface area contributed by atoms with Gasteiger partial charge in [0.05, 0.1) is 20.4 Å². The molecule has 0 bridgehead atoms. The molecule has 0 fully saturated rings. The van der Waals surface area contributed by atoms with Crippen molar-refractivity contribution < 1.29 is 13.9 Å². The summed E-state index contributed by atoms with van der Waals surface area (Å²) in [6.45, 7) is 0. The maximum atomic E-state index is 13.1. The van der Waals surface area contributed by atoms with E-state index in [2.05, 4.69) is 30.8 Å². The maximum Gasteiger partial charge on any atom is 0.250 e. The van der Waals surface area contributed by atoms with Crippen LogP contribution in [0.4, 0.5) is 27.9 Å². The highest BCUT2D eigenvalue weighted by atomic mass is 19.1. The number of halogens is 1. The molecule has 0 saturated carbocycles. The molecule has 0 saturated heterocycles. The van der Waals surface area contributed by atoms with E-state index in [9.17, 15) is 4.39 Å². The van der Waals surface area contributed by atoms with E-state index in [1.807, 2.05) is 26.2 Å². The van der Waals surface area contributed by atoms with Gasteiger partial charge in [-0.25, -0.2) is 9.82 Å². The quantitative estimate of drug-likeness (QED) is 0.431. The summed E-state index contributed by atoms with van der Waals surface area (Å²) < 4.78 is 23.7. The van der Waals surface area contributed by atoms with E-state index >= 15 is 0 Å². The molecule has 156 valence electrons. The molecular weight excluding hydrogens is 389 g/mol. The molecule has 0 amide bonds. The molecule has 0 spiro atoms. The smallest absolute Gasteiger partial charge is 0.250 e. The van der Waals surface area contributed by atoms with Gasteiger partial charge in [0, 0.05) is 31.4 Å². The van der Waals surface area contributed by atoms with Crippen molar-refractivity contribution in [1.29, 1.82) is 0 Å². The number of anilines is 4. The number of aromatic nitrogens is 3. The first-order chi connectivity index (χ1) is 14.5. The van der Waals surface area contributed by atoms with E-state index in [0.29, 0.717) is 29.1 Å². The molecule has 3 aromatic rings. The number of ether oxygens (including phenoxy) is 2. The van der Waals surface area contributed by atoms with Crippen LogP contribution in [-0.2, 0) is 0 Å². The lowest BCUT2D eigenvalue weighted by atomic mass is 10.2. The van der Waals surface area contributed by atoms with Crippen LogP contribution in [0, 0.1) is 5.82 Å². The molecule has 9 nitrogen and oxygen atoms in total. The minimum absolute atomic E-state index is 0.238. The fourth-order valence-electron chi connectivity index (χ4n) is 2.42. The summed E-state index contributed by atoms with van der Waals surface area (Å²) in [5, 5.41) is 7.22. The number of hydrazone groups is 1. The van der Waals surface area contributed by atoms with Crippen LogP contribution in [0.1, 0.15) is 5.56 Å². The molecule has 0 atom stereocenters. The summed E-state index contributed by atoms with van der Waals surface area (Å²) in [6, 6.07) is 11.3. The maximum absolute atomic E-state index is 13.1. The summed E-state index contributed by atoms with van der Waals surface area (Å²) in [4.78, 5) is 14.7. The minimum atomic E-state index is -0.323. The van der Waals surface area contributed by atoms with Crippen molar-refractivity contribution in [2.24, 2.45) is 5.10 Å². The fourth-order valence-corrected chi connectivity index (χ4v) is 2.42. The van der Waals surface area contributed by atoms with Gasteiger partial charge in [0.25, 0.3) is 0 Å². The lowest BCUT2D eigenvalue weighted by Crippen LogP contribution is -2.15. The Hall–Kier alpha value is -3.95. The van der Waals surface area contributed by atoms with E-state index in [1.54, 1.807) is 43.5 Å². The second-order valence-electron chi connectivity index (χ2n) is 6.29. The van der Waals surface area contributed by atoms with Crippen molar-refractivity contribution in [3.63, 3.8) is 0 Å². The van der Waals surface area contributed by atoms with Crippen molar-refractivity contribution in [2.75, 3.05) is 44.0 Å². The van der Waals surface area contributed by atoms with Gasteiger partial charge in [-0.05, 0) is 36.4 Å². The predicted octanol–water partition coefficient (Wildman–Crippen LogP) is 3.28. The molecular formula is C20H22FN7O2. The van der Waals surface area contributed by atoms with Crippen LogP contribution in [0.25, 0.3) is 0 Å². The summed E-state index contributed by atoms with van der Waals surface area (Å²) in [6.07, 6.45) is 1.59. The third-order valence-electron chi connectivity index (χ3n) is 3.93. The standard InChI is InChI=1S/C20H22FN7O2/c1-28(2)20-25-18(23-15-8-6-14(21)7-9-15)24-19(26-20)27-22-12-13-5-10-16(29-3)11-17(13)30-4/h5-12H,1-4H3,(H2,23,24,25,26,27)/b22-12-. The largest absolute Gasteiger partial charge is 0.497 e. The zero-order valence-corrected chi connectivity index (χ0v) is 17.0. The van der Waals surface area contributed by atoms with E-state index in [4.69, 9.17) is 9.47 Å². The summed E-state index contributed by atoms with van der Waals surface area (Å²) in [5.74, 6) is 1.93. The van der Waals surface area contributed by atoms with Crippen molar-refractivity contribution >= 4 is 29.7 Å². The monoisotopic (exact) mass is 411 g/mol. The molecule has 0 unspecified atom stereocenters. The van der Waals surface area contributed by atoms with Gasteiger partial charge in [-0.15, -0.1) is 0 Å². The van der Waals surface area contributed by atoms with Gasteiger partial charge in [-0.3, -0.25) is 0 Å². The topological polar surface area (TPSA) is 96.8 Å². The molecule has 1 heterocycles. The highest BCUT2D eigenvalue weighted by Crippen LogP contribution is 2.23. The Morgan fingerprint density at radius 1 is 0.967 bits per heavy atom. The Labute approximate surface area is 173 Å². The lowest BCUT2D eigenvalue weighted by molar-refractivity contribution is 0.394. The number of hydrogen-bond acceptors (Lipinski definition) is 9. The van der Waals surface area contributed by atoms with Crippen LogP contribution < -0.4 is 25.1 Å². The Kier molecular flexibility index (Phi) is 6.58. The summed E-state index contributed by atoms with van der Waals surface area (Å²) in [5.41, 5.74) is 4.19. The minimum Gasteiger partial charge on any atom is -0.497 e. The van der Waals surface area contributed by atoms with Crippen molar-refractivity contribution in [2.45, 2.75) is 0 Å². The molecule has 1 aromatic heterocycles. The Bertz CT molecular complexity index is 1030. The van der Waals surface area contributed by atoms with Gasteiger partial charge in [0.2, 0.25) is 17.8 Å². The average Bonchev–Trinajstić information content (AvgIpc) is 2.75. The number of methoxy groups -OCH3 is 2. The highest BCUT2D eigenvalue weighted by Gasteiger charge is 2.09. The average molecular weight is 411 g/mol. The zero-order chi connectivity index (χ0) is 21.5. The van der Waals surface area contributed by atoms with E-state index < -0.39 is 0 Å². The van der Waals surface area contributed by atoms with Crippen LogP contribution in [0.5, 0.6) is 11.5 Å². The normalized spacial score (nSPS) is 10.7. The second-order valence-corrected chi connectivity index (χ2v) is 6.29. The van der Waals surface area contributed by atoms with Gasteiger partial charge in [0.1, 0.15) is 17.3 Å². The summed E-state index contributed by atoms with van der Waals surface area (Å²) >= 11 is 0. The van der Waals surface area contributed by atoms with E-state index in [-0.39, 0.29) is 11.8 Å². The first kappa shape index (κ1) is 20.8. The first-order valence-corrected chi connectivity index (χ1v) is 8.95. The number of nitrogens with zero attached hydrogens (tertiary/aromatic N) is 5. The van der Waals surface area contributed by atoms with Crippen LogP contribution in [0.2, 0.25) is 0 Å². The molecule has 2 N–H and O–H groups in total. The fraction of sp³-hybridized carbons (Fsp3) is 0.200. The number of nitrogens with one attached hydrogen (secondary N) is 2. The molecule has 0 aliphatic rings. The molecule has 0 aliphatic carbocycles. The van der Waals surface area contributed by atoms with E-state index in [0.717, 1.165) is 5.56 Å². The van der Waals surface area contributed by atoms with Gasteiger partial charge in [-0.1, -0.05) is 0 Å². The lowest BCUT2D eigenvalue weighted by Gasteiger charge is -2.13. The Morgan fingerprint density at radius 3 is 2.37 bits per heavy atom. The van der Waals surface area contributed by atoms with Gasteiger partial charge >= 0.3 is 0 Å². The van der Waals surface area contributed by atoms with Crippen LogP contribution in [0.3, 0.4) is 0 Å². The van der Waals surface area contributed by atoms with Crippen LogP contribution >= 0.6 is 0 Å². The van der Waals surface area contributed by atoms with Gasteiger partial charge in [-0.2, -0.15) is 20.1 Å². The molecule has 3 rings (SSSR count). The number of benzene rings is 2. The van der Waals surface area contributed by atoms with Crippen LogP contribution in [-0.4, -0.2) is 49.5 Å². The third-order valence-corrected chi connectivity index (χ3v) is 3.93. The summed E-state index contributed by atoms with van der Waals surface area (Å²) in [7, 11) is 6.78. The first-order valence-electron chi connectivity index (χ1n) is 8.95. The molecule has 2 aromatic carbocycles. The van der Waals surface area contributed by atoms with Crippen molar-refractivity contribution in [1.82, 2.24) is 15.0 Å². The van der Waals surface area contributed by atoms with Gasteiger partial charge < -0.3 is 19.7 Å². The number of rotatable bonds is 8. The molecule has 30 heavy (non-hydrogen) atoms. The third kappa shape index (κ3) is 5.31. The van der Waals surface area contributed by atoms with Crippen molar-refractivity contribution in [3.05, 3.63) is 53.8 Å². The van der Waals surface area contributed by atoms with Gasteiger partial charge in [0.15, 0.2) is 0 Å². The van der Waals surface area contributed by atoms with Crippen LogP contribution in [0.15, 0.2) is 47.6 Å². The predicted molar refractivity (Wildman–Crippen MR) is 115 cm³/mol. The highest BCUT2D eigenvalue weighted by molar-refractivity contribution is 5.84. The molecule has 0 radical (unpaired) electrons. The Morgan fingerprint density at radius 2 is 1.70 bits per heavy atom. The Balaban J connectivity index is 1.80. The zero-order valence-electron chi connectivity index (χ0n) is 17.0.